The Bertz CT molecular complexity index is 1140. The summed E-state index contributed by atoms with van der Waals surface area (Å²) >= 11 is 3.38. The van der Waals surface area contributed by atoms with Gasteiger partial charge in [-0.05, 0) is 50.6 Å². The minimum Gasteiger partial charge on any atom is -0.465 e. The molecule has 0 unspecified atom stereocenters. The van der Waals surface area contributed by atoms with E-state index in [0.717, 1.165) is 4.47 Å². The quantitative estimate of drug-likeness (QED) is 0.619. The van der Waals surface area contributed by atoms with Gasteiger partial charge < -0.3 is 5.11 Å². The van der Waals surface area contributed by atoms with Crippen molar-refractivity contribution >= 4 is 42.9 Å². The van der Waals surface area contributed by atoms with Crippen LogP contribution in [-0.2, 0) is 16.6 Å². The van der Waals surface area contributed by atoms with Crippen molar-refractivity contribution in [2.24, 2.45) is 0 Å². The molecule has 1 aromatic carbocycles. The molecule has 9 heteroatoms. The van der Waals surface area contributed by atoms with E-state index in [2.05, 4.69) is 20.9 Å². The van der Waals surface area contributed by atoms with Crippen molar-refractivity contribution in [3.05, 3.63) is 59.0 Å². The average molecular weight is 466 g/mol. The number of benzene rings is 1. The van der Waals surface area contributed by atoms with Crippen molar-refractivity contribution in [1.29, 1.82) is 0 Å². The third kappa shape index (κ3) is 3.77. The summed E-state index contributed by atoms with van der Waals surface area (Å²) in [6, 6.07) is 8.32. The van der Waals surface area contributed by atoms with Crippen LogP contribution in [-0.4, -0.2) is 39.0 Å². The van der Waals surface area contributed by atoms with Crippen LogP contribution in [0.5, 0.6) is 0 Å². The highest BCUT2D eigenvalue weighted by molar-refractivity contribution is 9.10. The number of pyridine rings is 1. The first-order valence-corrected chi connectivity index (χ1v) is 10.7. The molecule has 0 bridgehead atoms. The molecule has 0 atom stereocenters. The van der Waals surface area contributed by atoms with Crippen molar-refractivity contribution in [2.75, 3.05) is 0 Å². The average Bonchev–Trinajstić information content (AvgIpc) is 2.97. The van der Waals surface area contributed by atoms with E-state index in [1.807, 2.05) is 0 Å². The number of fused-ring (bicyclic) bond motifs is 1. The summed E-state index contributed by atoms with van der Waals surface area (Å²) in [5, 5.41) is 10.3. The maximum atomic E-state index is 13.2. The smallest absolute Gasteiger partial charge is 0.408 e. The summed E-state index contributed by atoms with van der Waals surface area (Å²) in [6.07, 6.45) is 3.21. The van der Waals surface area contributed by atoms with E-state index in [1.165, 1.54) is 33.5 Å². The Morgan fingerprint density at radius 1 is 1.29 bits per heavy atom. The van der Waals surface area contributed by atoms with Crippen molar-refractivity contribution in [2.45, 2.75) is 37.8 Å². The Labute approximate surface area is 171 Å². The van der Waals surface area contributed by atoms with E-state index in [4.69, 9.17) is 0 Å². The van der Waals surface area contributed by atoms with Gasteiger partial charge in [0, 0.05) is 34.0 Å². The van der Waals surface area contributed by atoms with Gasteiger partial charge in [-0.3, -0.25) is 9.88 Å². The Hall–Kier alpha value is -2.39. The van der Waals surface area contributed by atoms with Gasteiger partial charge in [-0.1, -0.05) is 22.0 Å². The molecule has 0 radical (unpaired) electrons. The van der Waals surface area contributed by atoms with Crippen LogP contribution in [0.1, 0.15) is 26.3 Å². The third-order valence-electron chi connectivity index (χ3n) is 4.38. The molecule has 7 nitrogen and oxygen atoms in total. The highest BCUT2D eigenvalue weighted by atomic mass is 79.9. The van der Waals surface area contributed by atoms with Crippen LogP contribution < -0.4 is 0 Å². The number of nitrogens with zero attached hydrogens (tertiary/aromatic N) is 3. The van der Waals surface area contributed by atoms with E-state index in [1.54, 1.807) is 45.0 Å². The summed E-state index contributed by atoms with van der Waals surface area (Å²) in [4.78, 5) is 17.0. The standard InChI is InChI=1S/C19H20BrN3O4S/c1-19(2,3)22(18(24)25)11-13-12-23(17-9-14(20)6-7-16(13)17)28(26,27)15-5-4-8-21-10-15/h4-10,12H,11H2,1-3H3,(H,24,25). The van der Waals surface area contributed by atoms with Crippen LogP contribution in [0.15, 0.2) is 58.3 Å². The SMILES string of the molecule is CC(C)(C)N(Cc1cn(S(=O)(=O)c2cccnc2)c2cc(Br)ccc12)C(=O)O. The normalized spacial score (nSPS) is 12.3. The minimum atomic E-state index is -3.89. The minimum absolute atomic E-state index is 0.0596. The number of rotatable bonds is 4. The predicted molar refractivity (Wildman–Crippen MR) is 110 cm³/mol. The van der Waals surface area contributed by atoms with Gasteiger partial charge in [0.2, 0.25) is 0 Å². The monoisotopic (exact) mass is 465 g/mol. The van der Waals surface area contributed by atoms with Gasteiger partial charge >= 0.3 is 6.09 Å². The van der Waals surface area contributed by atoms with E-state index >= 15 is 0 Å². The fourth-order valence-corrected chi connectivity index (χ4v) is 4.64. The van der Waals surface area contributed by atoms with Gasteiger partial charge in [0.1, 0.15) is 4.90 Å². The predicted octanol–water partition coefficient (Wildman–Crippen LogP) is 4.31. The highest BCUT2D eigenvalue weighted by Gasteiger charge is 2.29. The number of hydrogen-bond acceptors (Lipinski definition) is 4. The molecule has 3 aromatic rings. The fraction of sp³-hybridized carbons (Fsp3) is 0.263. The lowest BCUT2D eigenvalue weighted by atomic mass is 10.1. The molecule has 0 spiro atoms. The molecule has 0 saturated heterocycles. The highest BCUT2D eigenvalue weighted by Crippen LogP contribution is 2.30. The fourth-order valence-electron chi connectivity index (χ4n) is 2.94. The lowest BCUT2D eigenvalue weighted by Gasteiger charge is -2.33. The summed E-state index contributed by atoms with van der Waals surface area (Å²) in [6.45, 7) is 5.45. The molecule has 3 rings (SSSR count). The number of amides is 1. The van der Waals surface area contributed by atoms with Gasteiger partial charge in [-0.25, -0.2) is 17.2 Å². The van der Waals surface area contributed by atoms with Crippen molar-refractivity contribution in [1.82, 2.24) is 13.9 Å². The van der Waals surface area contributed by atoms with Crippen LogP contribution in [0.2, 0.25) is 0 Å². The molecule has 1 amide bonds. The number of hydrogen-bond donors (Lipinski definition) is 1. The molecule has 1 N–H and O–H groups in total. The molecule has 0 aliphatic carbocycles. The molecular formula is C19H20BrN3O4S. The molecule has 2 aromatic heterocycles. The van der Waals surface area contributed by atoms with Crippen molar-refractivity contribution in [3.8, 4) is 0 Å². The first kappa shape index (κ1) is 20.3. The van der Waals surface area contributed by atoms with E-state index in [9.17, 15) is 18.3 Å². The van der Waals surface area contributed by atoms with Crippen LogP contribution in [0.25, 0.3) is 10.9 Å². The Morgan fingerprint density at radius 3 is 2.57 bits per heavy atom. The maximum Gasteiger partial charge on any atom is 0.408 e. The number of carboxylic acid groups (broad SMARTS) is 1. The summed E-state index contributed by atoms with van der Waals surface area (Å²) < 4.78 is 28.2. The zero-order valence-electron chi connectivity index (χ0n) is 15.6. The summed E-state index contributed by atoms with van der Waals surface area (Å²) in [5.41, 5.74) is 0.428. The van der Waals surface area contributed by atoms with Gasteiger partial charge in [-0.2, -0.15) is 0 Å². The number of aromatic nitrogens is 2. The molecule has 2 heterocycles. The van der Waals surface area contributed by atoms with Gasteiger partial charge in [-0.15, -0.1) is 0 Å². The first-order valence-electron chi connectivity index (χ1n) is 8.47. The second-order valence-corrected chi connectivity index (χ2v) is 10.1. The zero-order chi connectivity index (χ0) is 20.7. The Kier molecular flexibility index (Phi) is 5.24. The third-order valence-corrected chi connectivity index (χ3v) is 6.53. The Morgan fingerprint density at radius 2 is 2.00 bits per heavy atom. The Balaban J connectivity index is 2.21. The van der Waals surface area contributed by atoms with Gasteiger partial charge in [0.05, 0.1) is 12.1 Å². The van der Waals surface area contributed by atoms with Crippen LogP contribution in [0.4, 0.5) is 4.79 Å². The second kappa shape index (κ2) is 7.21. The number of carbonyl (C=O) groups is 1. The lowest BCUT2D eigenvalue weighted by molar-refractivity contribution is 0.0958. The number of halogens is 1. The van der Waals surface area contributed by atoms with Gasteiger partial charge in [0.25, 0.3) is 10.0 Å². The molecule has 0 fully saturated rings. The molecule has 28 heavy (non-hydrogen) atoms. The van der Waals surface area contributed by atoms with Crippen LogP contribution >= 0.6 is 15.9 Å². The zero-order valence-corrected chi connectivity index (χ0v) is 18.0. The van der Waals surface area contributed by atoms with Crippen LogP contribution in [0.3, 0.4) is 0 Å². The molecular weight excluding hydrogens is 446 g/mol. The van der Waals surface area contributed by atoms with E-state index < -0.39 is 21.7 Å². The molecule has 0 saturated carbocycles. The van der Waals surface area contributed by atoms with Gasteiger partial charge in [0.15, 0.2) is 0 Å². The maximum absolute atomic E-state index is 13.2. The lowest BCUT2D eigenvalue weighted by Crippen LogP contribution is -2.44. The summed E-state index contributed by atoms with van der Waals surface area (Å²) in [7, 11) is -3.89. The molecule has 148 valence electrons. The summed E-state index contributed by atoms with van der Waals surface area (Å²) in [5.74, 6) is 0. The van der Waals surface area contributed by atoms with Crippen molar-refractivity contribution < 1.29 is 18.3 Å². The second-order valence-electron chi connectivity index (χ2n) is 7.34. The van der Waals surface area contributed by atoms with E-state index in [-0.39, 0.29) is 11.4 Å². The molecule has 0 aliphatic heterocycles. The van der Waals surface area contributed by atoms with Crippen LogP contribution in [0, 0.1) is 0 Å². The van der Waals surface area contributed by atoms with Crippen molar-refractivity contribution in [3.63, 3.8) is 0 Å². The first-order chi connectivity index (χ1) is 13.0. The molecule has 0 aliphatic rings. The topological polar surface area (TPSA) is 92.5 Å². The largest absolute Gasteiger partial charge is 0.465 e. The van der Waals surface area contributed by atoms with E-state index in [0.29, 0.717) is 16.5 Å².